The zero-order valence-corrected chi connectivity index (χ0v) is 14.9. The van der Waals surface area contributed by atoms with Crippen molar-refractivity contribution in [3.63, 3.8) is 0 Å². The highest BCUT2D eigenvalue weighted by atomic mass is 31.0. The summed E-state index contributed by atoms with van der Waals surface area (Å²) in [5, 5.41) is 0. The van der Waals surface area contributed by atoms with Crippen LogP contribution in [0.2, 0.25) is 0 Å². The van der Waals surface area contributed by atoms with Crippen molar-refractivity contribution < 1.29 is 4.48 Å². The molecule has 118 valence electrons. The van der Waals surface area contributed by atoms with Crippen LogP contribution in [-0.2, 0) is 0 Å². The van der Waals surface area contributed by atoms with Gasteiger partial charge in [-0.15, -0.1) is 9.24 Å². The normalized spacial score (nSPS) is 34.6. The van der Waals surface area contributed by atoms with E-state index in [9.17, 15) is 0 Å². The van der Waals surface area contributed by atoms with Crippen LogP contribution in [0.15, 0.2) is 23.9 Å². The van der Waals surface area contributed by atoms with Crippen LogP contribution in [0.1, 0.15) is 64.7 Å². The SMILES string of the molecule is CC[N+]1(C2CCCC2)C=CC=C(CCP)C1C1CCCC1. The molecule has 0 amide bonds. The Morgan fingerprint density at radius 2 is 1.76 bits per heavy atom. The van der Waals surface area contributed by atoms with Crippen molar-refractivity contribution in [2.24, 2.45) is 5.92 Å². The van der Waals surface area contributed by atoms with Crippen molar-refractivity contribution in [3.8, 4) is 0 Å². The average Bonchev–Trinajstić information content (AvgIpc) is 3.20. The van der Waals surface area contributed by atoms with Gasteiger partial charge >= 0.3 is 0 Å². The summed E-state index contributed by atoms with van der Waals surface area (Å²) < 4.78 is 1.29. The van der Waals surface area contributed by atoms with E-state index < -0.39 is 0 Å². The van der Waals surface area contributed by atoms with Crippen LogP contribution in [-0.4, -0.2) is 29.3 Å². The van der Waals surface area contributed by atoms with Crippen molar-refractivity contribution in [3.05, 3.63) is 23.9 Å². The zero-order valence-electron chi connectivity index (χ0n) is 13.8. The van der Waals surface area contributed by atoms with Crippen LogP contribution in [0.3, 0.4) is 0 Å². The molecule has 3 atom stereocenters. The van der Waals surface area contributed by atoms with Gasteiger partial charge in [0.2, 0.25) is 0 Å². The van der Waals surface area contributed by atoms with Crippen LogP contribution in [0.4, 0.5) is 0 Å². The maximum atomic E-state index is 2.95. The smallest absolute Gasteiger partial charge is 0.118 e. The molecule has 2 heteroatoms. The Hall–Kier alpha value is -0.130. The molecule has 2 aliphatic carbocycles. The van der Waals surface area contributed by atoms with E-state index in [2.05, 4.69) is 34.5 Å². The second-order valence-corrected chi connectivity index (χ2v) is 7.94. The van der Waals surface area contributed by atoms with E-state index in [-0.39, 0.29) is 0 Å². The van der Waals surface area contributed by atoms with Gasteiger partial charge < -0.3 is 0 Å². The van der Waals surface area contributed by atoms with E-state index in [1.54, 1.807) is 5.57 Å². The van der Waals surface area contributed by atoms with Gasteiger partial charge in [-0.1, -0.05) is 18.9 Å². The summed E-state index contributed by atoms with van der Waals surface area (Å²) in [6.45, 7) is 3.73. The van der Waals surface area contributed by atoms with Crippen molar-refractivity contribution in [2.45, 2.75) is 76.8 Å². The third-order valence-electron chi connectivity index (χ3n) is 6.40. The molecule has 21 heavy (non-hydrogen) atoms. The summed E-state index contributed by atoms with van der Waals surface area (Å²) in [7, 11) is 2.95. The van der Waals surface area contributed by atoms with Gasteiger partial charge in [0.05, 0.1) is 18.8 Å². The Morgan fingerprint density at radius 3 is 2.38 bits per heavy atom. The maximum absolute atomic E-state index is 2.95. The lowest BCUT2D eigenvalue weighted by molar-refractivity contribution is -0.925. The Bertz CT molecular complexity index is 402. The van der Waals surface area contributed by atoms with Gasteiger partial charge in [-0.05, 0) is 69.7 Å². The maximum Gasteiger partial charge on any atom is 0.118 e. The second-order valence-electron chi connectivity index (χ2n) is 7.36. The first-order chi connectivity index (χ1) is 10.3. The largest absolute Gasteiger partial charge is 0.289 e. The minimum Gasteiger partial charge on any atom is -0.289 e. The highest BCUT2D eigenvalue weighted by Gasteiger charge is 2.48. The number of hydrogen-bond donors (Lipinski definition) is 0. The minimum atomic E-state index is 0.797. The summed E-state index contributed by atoms with van der Waals surface area (Å²) in [5.74, 6) is 0.943. The first kappa shape index (κ1) is 15.8. The lowest BCUT2D eigenvalue weighted by Gasteiger charge is -2.50. The van der Waals surface area contributed by atoms with Crippen molar-refractivity contribution in [2.75, 3.05) is 12.7 Å². The molecule has 3 rings (SSSR count). The van der Waals surface area contributed by atoms with E-state index >= 15 is 0 Å². The molecule has 1 nitrogen and oxygen atoms in total. The monoisotopic (exact) mass is 306 g/mol. The molecule has 3 unspecified atom stereocenters. The van der Waals surface area contributed by atoms with E-state index in [1.807, 2.05) is 0 Å². The molecule has 1 heterocycles. The van der Waals surface area contributed by atoms with Gasteiger partial charge in [-0.2, -0.15) is 0 Å². The Kier molecular flexibility index (Phi) is 5.23. The Balaban J connectivity index is 1.94. The summed E-state index contributed by atoms with van der Waals surface area (Å²) in [6.07, 6.45) is 21.6. The van der Waals surface area contributed by atoms with Crippen molar-refractivity contribution in [1.29, 1.82) is 0 Å². The number of rotatable bonds is 5. The number of allylic oxidation sites excluding steroid dienone is 2. The number of nitrogens with zero attached hydrogens (tertiary/aromatic N) is 1. The molecule has 3 aliphatic rings. The van der Waals surface area contributed by atoms with Gasteiger partial charge in [0.25, 0.3) is 0 Å². The van der Waals surface area contributed by atoms with Crippen LogP contribution >= 0.6 is 9.24 Å². The molecule has 0 N–H and O–H groups in total. The molecule has 0 spiro atoms. The first-order valence-electron chi connectivity index (χ1n) is 9.27. The fourth-order valence-electron chi connectivity index (χ4n) is 5.49. The quantitative estimate of drug-likeness (QED) is 0.493. The summed E-state index contributed by atoms with van der Waals surface area (Å²) in [4.78, 5) is 0. The van der Waals surface area contributed by atoms with E-state index in [4.69, 9.17) is 0 Å². The lowest BCUT2D eigenvalue weighted by Crippen LogP contribution is -2.60. The fraction of sp³-hybridized carbons (Fsp3) is 0.789. The summed E-state index contributed by atoms with van der Waals surface area (Å²) in [5.41, 5.74) is 1.76. The molecular formula is C19H33NP+. The molecule has 0 bridgehead atoms. The topological polar surface area (TPSA) is 0 Å². The van der Waals surface area contributed by atoms with Crippen molar-refractivity contribution >= 4 is 9.24 Å². The second kappa shape index (κ2) is 6.97. The molecule has 2 saturated carbocycles. The molecule has 1 aliphatic heterocycles. The highest BCUT2D eigenvalue weighted by Crippen LogP contribution is 2.44. The molecule has 0 radical (unpaired) electrons. The van der Waals surface area contributed by atoms with Crippen LogP contribution < -0.4 is 0 Å². The molecule has 0 aromatic rings. The van der Waals surface area contributed by atoms with Crippen LogP contribution in [0.25, 0.3) is 0 Å². The fourth-order valence-corrected chi connectivity index (χ4v) is 5.82. The molecule has 0 aromatic heterocycles. The number of quaternary nitrogens is 1. The van der Waals surface area contributed by atoms with Crippen LogP contribution in [0, 0.1) is 5.92 Å². The lowest BCUT2D eigenvalue weighted by atomic mass is 9.83. The summed E-state index contributed by atoms with van der Waals surface area (Å²) in [6, 6.07) is 1.69. The van der Waals surface area contributed by atoms with Crippen molar-refractivity contribution in [1.82, 2.24) is 0 Å². The number of likely N-dealkylation sites (N-methyl/N-ethyl adjacent to an activating group) is 1. The van der Waals surface area contributed by atoms with Crippen LogP contribution in [0.5, 0.6) is 0 Å². The standard InChI is InChI=1S/C19H33NP/c1-2-20(18-11-5-6-12-18)14-7-10-17(13-15-21)19(20)16-8-3-4-9-16/h7,10,14,16,18-19H,2-6,8-9,11-13,15,21H2,1H3/q+1. The third kappa shape index (κ3) is 2.89. The molecular weight excluding hydrogens is 273 g/mol. The Labute approximate surface area is 133 Å². The highest BCUT2D eigenvalue weighted by molar-refractivity contribution is 7.16. The molecule has 0 aromatic carbocycles. The molecule has 2 fully saturated rings. The van der Waals surface area contributed by atoms with Gasteiger partial charge in [0.1, 0.15) is 6.04 Å². The predicted molar refractivity (Wildman–Crippen MR) is 95.2 cm³/mol. The third-order valence-corrected chi connectivity index (χ3v) is 6.69. The van der Waals surface area contributed by atoms with E-state index in [1.165, 1.54) is 75.0 Å². The van der Waals surface area contributed by atoms with Gasteiger partial charge in [-0.25, -0.2) is 0 Å². The predicted octanol–water partition coefficient (Wildman–Crippen LogP) is 5.04. The van der Waals surface area contributed by atoms with Gasteiger partial charge in [-0.3, -0.25) is 4.48 Å². The average molecular weight is 306 g/mol. The first-order valence-corrected chi connectivity index (χ1v) is 10.1. The van der Waals surface area contributed by atoms with E-state index in [0.717, 1.165) is 18.0 Å². The summed E-state index contributed by atoms with van der Waals surface area (Å²) >= 11 is 0. The number of hydrogen-bond acceptors (Lipinski definition) is 0. The Morgan fingerprint density at radius 1 is 1.10 bits per heavy atom. The van der Waals surface area contributed by atoms with E-state index in [0.29, 0.717) is 0 Å². The zero-order chi connectivity index (χ0) is 14.7. The van der Waals surface area contributed by atoms with Gasteiger partial charge in [0, 0.05) is 5.92 Å². The van der Waals surface area contributed by atoms with Gasteiger partial charge in [0.15, 0.2) is 0 Å². The molecule has 0 saturated heterocycles. The minimum absolute atomic E-state index is 0.797.